The van der Waals surface area contributed by atoms with Crippen molar-refractivity contribution in [1.82, 2.24) is 20.0 Å². The van der Waals surface area contributed by atoms with Gasteiger partial charge in [0.15, 0.2) is 5.96 Å². The van der Waals surface area contributed by atoms with Gasteiger partial charge in [-0.1, -0.05) is 12.1 Å². The summed E-state index contributed by atoms with van der Waals surface area (Å²) < 4.78 is 19.9. The molecule has 3 aromatic rings. The number of ether oxygens (including phenoxy) is 1. The van der Waals surface area contributed by atoms with Crippen LogP contribution < -0.4 is 15.8 Å². The van der Waals surface area contributed by atoms with Crippen molar-refractivity contribution in [3.8, 4) is 17.5 Å². The maximum atomic E-state index is 13.2. The summed E-state index contributed by atoms with van der Waals surface area (Å²) in [4.78, 5) is 6.38. The second kappa shape index (κ2) is 12.8. The Bertz CT molecular complexity index is 1140. The van der Waals surface area contributed by atoms with Crippen LogP contribution in [0.2, 0.25) is 0 Å². The number of aliphatic imine (C=N–C) groups is 1. The number of methoxy groups -OCH3 is 1. The number of nitrogens with one attached hydrogen (secondary N) is 1. The van der Waals surface area contributed by atoms with Gasteiger partial charge in [0.05, 0.1) is 18.5 Å². The van der Waals surface area contributed by atoms with Gasteiger partial charge < -0.3 is 20.7 Å². The van der Waals surface area contributed by atoms with Gasteiger partial charge in [0.1, 0.15) is 29.0 Å². The van der Waals surface area contributed by atoms with E-state index >= 15 is 0 Å². The Kier molecular flexibility index (Phi) is 10.1. The molecule has 0 radical (unpaired) electrons. The molecule has 0 aliphatic heterocycles. The molecule has 1 heterocycles. The van der Waals surface area contributed by atoms with Crippen molar-refractivity contribution in [3.05, 3.63) is 71.2 Å². The number of hydrogen-bond donors (Lipinski definition) is 2. The zero-order chi connectivity index (χ0) is 23.8. The maximum Gasteiger partial charge on any atom is 0.193 e. The maximum absolute atomic E-state index is 13.2. The highest BCUT2D eigenvalue weighted by molar-refractivity contribution is 14.0. The van der Waals surface area contributed by atoms with Crippen LogP contribution in [0.3, 0.4) is 0 Å². The van der Waals surface area contributed by atoms with E-state index in [0.717, 1.165) is 23.7 Å². The molecule has 0 aliphatic carbocycles. The third-order valence-corrected chi connectivity index (χ3v) is 5.20. The van der Waals surface area contributed by atoms with Crippen LogP contribution in [0, 0.1) is 17.1 Å². The predicted octanol–water partition coefficient (Wildman–Crippen LogP) is 3.73. The zero-order valence-corrected chi connectivity index (χ0v) is 21.8. The molecule has 8 nitrogen and oxygen atoms in total. The summed E-state index contributed by atoms with van der Waals surface area (Å²) >= 11 is 0. The molecular weight excluding hydrogens is 548 g/mol. The number of anilines is 1. The number of guanidine groups is 1. The number of nitrogens with zero attached hydrogens (tertiary/aromatic N) is 5. The number of nitriles is 1. The minimum atomic E-state index is -0.346. The first-order valence-electron chi connectivity index (χ1n) is 10.5. The van der Waals surface area contributed by atoms with Crippen molar-refractivity contribution in [3.63, 3.8) is 0 Å². The average Bonchev–Trinajstić information content (AvgIpc) is 3.15. The van der Waals surface area contributed by atoms with Crippen LogP contribution in [0.15, 0.2) is 53.5 Å². The number of aryl methyl sites for hydroxylation is 1. The van der Waals surface area contributed by atoms with E-state index in [1.807, 2.05) is 36.2 Å². The van der Waals surface area contributed by atoms with Crippen LogP contribution in [-0.2, 0) is 13.0 Å². The van der Waals surface area contributed by atoms with Crippen LogP contribution in [0.1, 0.15) is 23.2 Å². The molecule has 0 amide bonds. The molecule has 3 N–H and O–H groups in total. The highest BCUT2D eigenvalue weighted by Crippen LogP contribution is 2.21. The van der Waals surface area contributed by atoms with E-state index in [1.54, 1.807) is 26.3 Å². The van der Waals surface area contributed by atoms with E-state index in [2.05, 4.69) is 21.5 Å². The minimum Gasteiger partial charge on any atom is -0.497 e. The standard InChI is InChI=1S/C24H28FN7O.HI/c1-28-24(31(2)16-17-6-12-20(33-3)13-7-17)29-14-4-5-22-21(15-26)23(27)32(30-22)19-10-8-18(25)9-11-19;/h6-13H,4-5,14,16,27H2,1-3H3,(H,28,29);1H. The Morgan fingerprint density at radius 2 is 1.91 bits per heavy atom. The monoisotopic (exact) mass is 577 g/mol. The first-order chi connectivity index (χ1) is 16.0. The highest BCUT2D eigenvalue weighted by atomic mass is 127. The molecule has 34 heavy (non-hydrogen) atoms. The number of hydrogen-bond acceptors (Lipinski definition) is 5. The second-order valence-corrected chi connectivity index (χ2v) is 7.49. The SMILES string of the molecule is CN=C(NCCCc1nn(-c2ccc(F)cc2)c(N)c1C#N)N(C)Cc1ccc(OC)cc1.I. The van der Waals surface area contributed by atoms with Gasteiger partial charge in [-0.05, 0) is 54.8 Å². The smallest absolute Gasteiger partial charge is 0.193 e. The second-order valence-electron chi connectivity index (χ2n) is 7.49. The molecule has 0 aliphatic rings. The first kappa shape index (κ1) is 26.9. The molecule has 0 unspecified atom stereocenters. The number of nitrogens with two attached hydrogens (primary N) is 1. The Labute approximate surface area is 216 Å². The van der Waals surface area contributed by atoms with Gasteiger partial charge in [-0.2, -0.15) is 10.4 Å². The Hall–Kier alpha value is -3.33. The molecule has 0 fully saturated rings. The molecule has 10 heteroatoms. The van der Waals surface area contributed by atoms with Crippen molar-refractivity contribution in [2.45, 2.75) is 19.4 Å². The van der Waals surface area contributed by atoms with Crippen molar-refractivity contribution < 1.29 is 9.13 Å². The summed E-state index contributed by atoms with van der Waals surface area (Å²) in [7, 11) is 5.36. The Morgan fingerprint density at radius 3 is 2.50 bits per heavy atom. The molecule has 0 atom stereocenters. The van der Waals surface area contributed by atoms with Crippen molar-refractivity contribution in [2.24, 2.45) is 4.99 Å². The van der Waals surface area contributed by atoms with Gasteiger partial charge in [0, 0.05) is 27.2 Å². The molecule has 2 aromatic carbocycles. The molecule has 180 valence electrons. The number of halogens is 2. The lowest BCUT2D eigenvalue weighted by Crippen LogP contribution is -2.39. The summed E-state index contributed by atoms with van der Waals surface area (Å²) in [6.07, 6.45) is 1.29. The van der Waals surface area contributed by atoms with Crippen LogP contribution in [0.25, 0.3) is 5.69 Å². The van der Waals surface area contributed by atoms with Gasteiger partial charge in [0.25, 0.3) is 0 Å². The summed E-state index contributed by atoms with van der Waals surface area (Å²) in [5.41, 5.74) is 8.83. The molecule has 0 bridgehead atoms. The first-order valence-corrected chi connectivity index (χ1v) is 10.5. The Balaban J connectivity index is 0.00000408. The van der Waals surface area contributed by atoms with Crippen molar-refractivity contribution in [1.29, 1.82) is 5.26 Å². The normalized spacial score (nSPS) is 10.9. The molecule has 0 saturated heterocycles. The third kappa shape index (κ3) is 6.60. The zero-order valence-electron chi connectivity index (χ0n) is 19.5. The van der Waals surface area contributed by atoms with Crippen LogP contribution in [0.4, 0.5) is 10.2 Å². The number of nitrogen functional groups attached to an aromatic ring is 1. The summed E-state index contributed by atoms with van der Waals surface area (Å²) in [5, 5.41) is 17.4. The van der Waals surface area contributed by atoms with E-state index in [1.165, 1.54) is 16.8 Å². The van der Waals surface area contributed by atoms with Gasteiger partial charge in [-0.15, -0.1) is 24.0 Å². The Morgan fingerprint density at radius 1 is 1.24 bits per heavy atom. The van der Waals surface area contributed by atoms with Gasteiger partial charge >= 0.3 is 0 Å². The lowest BCUT2D eigenvalue weighted by molar-refractivity contribution is 0.414. The molecular formula is C24H29FIN7O. The number of aromatic nitrogens is 2. The average molecular weight is 577 g/mol. The summed E-state index contributed by atoms with van der Waals surface area (Å²) in [6.45, 7) is 1.34. The number of benzene rings is 2. The summed E-state index contributed by atoms with van der Waals surface area (Å²) in [6, 6.07) is 15.9. The lowest BCUT2D eigenvalue weighted by Gasteiger charge is -2.22. The van der Waals surface area contributed by atoms with E-state index in [4.69, 9.17) is 10.5 Å². The molecule has 3 rings (SSSR count). The molecule has 0 spiro atoms. The fraction of sp³-hybridized carbons (Fsp3) is 0.292. The fourth-order valence-corrected chi connectivity index (χ4v) is 3.47. The van der Waals surface area contributed by atoms with Gasteiger partial charge in [-0.25, -0.2) is 9.07 Å². The van der Waals surface area contributed by atoms with Gasteiger partial charge in [-0.3, -0.25) is 4.99 Å². The van der Waals surface area contributed by atoms with E-state index in [-0.39, 0.29) is 35.6 Å². The minimum absolute atomic E-state index is 0. The van der Waals surface area contributed by atoms with Crippen molar-refractivity contribution in [2.75, 3.05) is 33.5 Å². The fourth-order valence-electron chi connectivity index (χ4n) is 3.47. The van der Waals surface area contributed by atoms with E-state index in [0.29, 0.717) is 36.5 Å². The van der Waals surface area contributed by atoms with E-state index < -0.39 is 0 Å². The summed E-state index contributed by atoms with van der Waals surface area (Å²) in [5.74, 6) is 1.49. The lowest BCUT2D eigenvalue weighted by atomic mass is 10.1. The topological polar surface area (TPSA) is 104 Å². The van der Waals surface area contributed by atoms with Crippen LogP contribution >= 0.6 is 24.0 Å². The molecule has 1 aromatic heterocycles. The number of rotatable bonds is 8. The quantitative estimate of drug-likeness (QED) is 0.183. The highest BCUT2D eigenvalue weighted by Gasteiger charge is 2.16. The van der Waals surface area contributed by atoms with Crippen LogP contribution in [-0.4, -0.2) is 48.4 Å². The van der Waals surface area contributed by atoms with Gasteiger partial charge in [0.2, 0.25) is 0 Å². The van der Waals surface area contributed by atoms with E-state index in [9.17, 15) is 9.65 Å². The predicted molar refractivity (Wildman–Crippen MR) is 142 cm³/mol. The van der Waals surface area contributed by atoms with Crippen molar-refractivity contribution >= 4 is 35.8 Å². The largest absolute Gasteiger partial charge is 0.497 e. The third-order valence-electron chi connectivity index (χ3n) is 5.20. The van der Waals surface area contributed by atoms with Crippen LogP contribution in [0.5, 0.6) is 5.75 Å². The molecule has 0 saturated carbocycles.